The van der Waals surface area contributed by atoms with E-state index in [2.05, 4.69) is 56.3 Å². The van der Waals surface area contributed by atoms with E-state index < -0.39 is 0 Å². The summed E-state index contributed by atoms with van der Waals surface area (Å²) in [4.78, 5) is 0. The fourth-order valence-corrected chi connectivity index (χ4v) is 6.27. The second kappa shape index (κ2) is 10.5. The summed E-state index contributed by atoms with van der Waals surface area (Å²) in [6.07, 6.45) is 10.4. The van der Waals surface area contributed by atoms with Gasteiger partial charge in [-0.2, -0.15) is 12.8 Å². The molecule has 0 aromatic heterocycles. The summed E-state index contributed by atoms with van der Waals surface area (Å²) in [7, 11) is -0.332. The molecular formula is C21H32PtSi. The van der Waals surface area contributed by atoms with E-state index in [-0.39, 0.29) is 52.9 Å². The van der Waals surface area contributed by atoms with Gasteiger partial charge in [-0.1, -0.05) is 65.6 Å². The van der Waals surface area contributed by atoms with Crippen molar-refractivity contribution in [1.82, 2.24) is 0 Å². The molecule has 0 amide bonds. The van der Waals surface area contributed by atoms with Crippen LogP contribution >= 0.6 is 0 Å². The molecule has 1 aromatic rings. The molecule has 0 nitrogen and oxygen atoms in total. The minimum absolute atomic E-state index is 0. The Kier molecular flexibility index (Phi) is 11.3. The molecule has 1 unspecified atom stereocenters. The molecule has 0 saturated heterocycles. The number of benzene rings is 1. The average Bonchev–Trinajstić information content (AvgIpc) is 3.05. The fourth-order valence-electron chi connectivity index (χ4n) is 3.73. The van der Waals surface area contributed by atoms with Crippen LogP contribution in [0.1, 0.15) is 39.5 Å². The topological polar surface area (TPSA) is 0 Å². The van der Waals surface area contributed by atoms with Crippen molar-refractivity contribution in [3.8, 4) is 0 Å². The molecule has 1 saturated carbocycles. The summed E-state index contributed by atoms with van der Waals surface area (Å²) in [5.74, 6) is 1.83. The van der Waals surface area contributed by atoms with Crippen molar-refractivity contribution < 1.29 is 21.1 Å². The summed E-state index contributed by atoms with van der Waals surface area (Å²) < 4.78 is 0. The summed E-state index contributed by atoms with van der Waals surface area (Å²) in [5.41, 5.74) is 3.14. The third-order valence-corrected chi connectivity index (χ3v) is 7.75. The molecule has 130 valence electrons. The number of hydrogen-bond acceptors (Lipinski definition) is 0. The Morgan fingerprint density at radius 1 is 0.957 bits per heavy atom. The zero-order valence-corrected chi connectivity index (χ0v) is 19.1. The van der Waals surface area contributed by atoms with E-state index in [1.807, 2.05) is 5.92 Å². The Morgan fingerprint density at radius 2 is 1.52 bits per heavy atom. The molecule has 0 spiro atoms. The van der Waals surface area contributed by atoms with Crippen LogP contribution in [0.4, 0.5) is 0 Å². The number of allylic oxidation sites excluding steroid dienone is 4. The molecular weight excluding hydrogens is 475 g/mol. The van der Waals surface area contributed by atoms with Crippen molar-refractivity contribution in [2.24, 2.45) is 0 Å². The minimum Gasteiger partial charge on any atom is -0.358 e. The summed E-state index contributed by atoms with van der Waals surface area (Å²) >= 11 is 0. The van der Waals surface area contributed by atoms with Gasteiger partial charge in [0.05, 0.1) is 0 Å². The molecule has 0 aliphatic heterocycles. The van der Waals surface area contributed by atoms with Crippen LogP contribution in [0.15, 0.2) is 53.6 Å². The van der Waals surface area contributed by atoms with E-state index in [4.69, 9.17) is 0 Å². The molecule has 3 rings (SSSR count). The van der Waals surface area contributed by atoms with Gasteiger partial charge in [0.1, 0.15) is 0 Å². The van der Waals surface area contributed by atoms with Crippen LogP contribution in [-0.4, -0.2) is 9.52 Å². The number of hydrogen-bond donors (Lipinski definition) is 0. The first-order valence-corrected chi connectivity index (χ1v) is 8.90. The Balaban J connectivity index is 0. The zero-order chi connectivity index (χ0) is 13.3. The largest absolute Gasteiger partial charge is 4.00 e. The maximum absolute atomic E-state index is 2.54. The van der Waals surface area contributed by atoms with E-state index in [0.29, 0.717) is 5.04 Å². The molecule has 0 radical (unpaired) electrons. The third-order valence-electron chi connectivity index (χ3n) is 5.04. The molecule has 2 aliphatic carbocycles. The first-order valence-electron chi connectivity index (χ1n) is 7.49. The van der Waals surface area contributed by atoms with Crippen LogP contribution < -0.4 is 5.19 Å². The van der Waals surface area contributed by atoms with E-state index in [9.17, 15) is 0 Å². The Morgan fingerprint density at radius 3 is 2.00 bits per heavy atom. The van der Waals surface area contributed by atoms with Crippen LogP contribution in [0.2, 0.25) is 5.04 Å². The molecule has 2 aliphatic rings. The van der Waals surface area contributed by atoms with Crippen LogP contribution in [0.25, 0.3) is 0 Å². The Bertz CT molecular complexity index is 512. The van der Waals surface area contributed by atoms with Crippen LogP contribution in [-0.2, 0) is 21.1 Å². The fraction of sp³-hybridized carbons (Fsp3) is 0.333. The second-order valence-electron chi connectivity index (χ2n) is 6.09. The molecule has 1 fully saturated rings. The van der Waals surface area contributed by atoms with Gasteiger partial charge in [0.25, 0.3) is 0 Å². The van der Waals surface area contributed by atoms with Gasteiger partial charge in [-0.05, 0) is 13.8 Å². The molecule has 23 heavy (non-hydrogen) atoms. The maximum Gasteiger partial charge on any atom is 4.00 e. The molecule has 0 N–H and O–H groups in total. The quantitative estimate of drug-likeness (QED) is 0.397. The average molecular weight is 508 g/mol. The summed E-state index contributed by atoms with van der Waals surface area (Å²) in [6.45, 7) is 4.65. The molecule has 1 aromatic carbocycles. The van der Waals surface area contributed by atoms with Crippen molar-refractivity contribution in [2.45, 2.75) is 44.6 Å². The van der Waals surface area contributed by atoms with E-state index >= 15 is 0 Å². The molecule has 1 atom stereocenters. The third kappa shape index (κ3) is 4.80. The van der Waals surface area contributed by atoms with Crippen molar-refractivity contribution in [2.75, 3.05) is 0 Å². The predicted octanol–water partition coefficient (Wildman–Crippen LogP) is 5.04. The monoisotopic (exact) mass is 507 g/mol. The van der Waals surface area contributed by atoms with Crippen molar-refractivity contribution >= 4 is 14.7 Å². The molecule has 0 bridgehead atoms. The molecule has 0 heterocycles. The summed E-state index contributed by atoms with van der Waals surface area (Å²) in [5, 5.41) is 1.96. The van der Waals surface area contributed by atoms with Gasteiger partial charge in [-0.15, -0.1) is 11.1 Å². The van der Waals surface area contributed by atoms with E-state index in [1.54, 1.807) is 10.8 Å². The normalized spacial score (nSPS) is 23.2. The van der Waals surface area contributed by atoms with Crippen molar-refractivity contribution in [3.63, 3.8) is 0 Å². The van der Waals surface area contributed by atoms with Gasteiger partial charge in [0, 0.05) is 9.52 Å². The van der Waals surface area contributed by atoms with Gasteiger partial charge in [-0.3, -0.25) is 0 Å². The van der Waals surface area contributed by atoms with E-state index in [0.717, 1.165) is 0 Å². The van der Waals surface area contributed by atoms with Gasteiger partial charge in [0.2, 0.25) is 0 Å². The second-order valence-corrected chi connectivity index (χ2v) is 8.37. The first-order chi connectivity index (χ1) is 9.22. The van der Waals surface area contributed by atoms with Gasteiger partial charge >= 0.3 is 21.1 Å². The summed E-state index contributed by atoms with van der Waals surface area (Å²) in [6, 6.07) is 11.2. The first kappa shape index (κ1) is 24.9. The van der Waals surface area contributed by atoms with Gasteiger partial charge < -0.3 is 28.2 Å². The minimum atomic E-state index is -0.332. The Labute approximate surface area is 161 Å². The SMILES string of the molecule is CC1=C(C)C([SiH2]c2ccccc2)([C-]2CCCC2)C=C1.[CH3-].[CH3-].[CH3-].[Pt+4]. The Hall–Kier alpha value is -0.395. The molecule has 2 heteroatoms. The van der Waals surface area contributed by atoms with Crippen molar-refractivity contribution in [1.29, 1.82) is 0 Å². The maximum atomic E-state index is 2.54. The van der Waals surface area contributed by atoms with Crippen LogP contribution in [0.5, 0.6) is 0 Å². The van der Waals surface area contributed by atoms with Crippen molar-refractivity contribution in [3.05, 3.63) is 81.8 Å². The smallest absolute Gasteiger partial charge is 0.358 e. The van der Waals surface area contributed by atoms with Crippen LogP contribution in [0, 0.1) is 28.2 Å². The van der Waals surface area contributed by atoms with Gasteiger partial charge in [-0.25, -0.2) is 0 Å². The standard InChI is InChI=1S/C18H23Si.3CH3.Pt/c1-14-12-13-18(15(14)2,16-8-6-7-9-16)19-17-10-4-3-5-11-17;;;;/h3-5,10-13H,6-9,19H2,1-2H3;3*1H3;/q4*-1;+4. The van der Waals surface area contributed by atoms with E-state index in [1.165, 1.54) is 31.3 Å². The number of rotatable bonds is 3. The zero-order valence-electron chi connectivity index (χ0n) is 15.4. The van der Waals surface area contributed by atoms with Gasteiger partial charge in [0.15, 0.2) is 0 Å². The predicted molar refractivity (Wildman–Crippen MR) is 106 cm³/mol. The van der Waals surface area contributed by atoms with Crippen LogP contribution in [0.3, 0.4) is 0 Å².